The number of aliphatic imine (C=N–C) groups is 1. The minimum atomic E-state index is -1.26. The number of benzene rings is 1. The molecule has 0 fully saturated rings. The minimum absolute atomic E-state index is 0.0765. The van der Waals surface area contributed by atoms with Crippen molar-refractivity contribution in [1.29, 1.82) is 0 Å². The molecule has 0 saturated heterocycles. The van der Waals surface area contributed by atoms with Crippen LogP contribution in [0, 0.1) is 0 Å². The van der Waals surface area contributed by atoms with Crippen LogP contribution in [-0.4, -0.2) is 53.4 Å². The second-order valence-corrected chi connectivity index (χ2v) is 6.49. The molecule has 1 aromatic carbocycles. The molecular weight excluding hydrogens is 360 g/mol. The zero-order valence-electron chi connectivity index (χ0n) is 15.9. The van der Waals surface area contributed by atoms with Gasteiger partial charge < -0.3 is 19.8 Å². The standard InChI is InChI=1S/C17H20N2O.C4H4O4/c1-19(2)12-11-16-13-7-3-4-8-14(13)18-15-9-5-6-10-17(15)20-16;5-3(6)1-2-4(7)8/h3-8,10,16H,9,11-12H2,1-2H3;1-2H,(H,5,6)(H,7,8)/b;2-1-. The van der Waals surface area contributed by atoms with Crippen molar-refractivity contribution in [2.75, 3.05) is 20.6 Å². The van der Waals surface area contributed by atoms with Crippen molar-refractivity contribution < 1.29 is 24.5 Å². The molecule has 1 unspecified atom stereocenters. The van der Waals surface area contributed by atoms with Crippen molar-refractivity contribution in [1.82, 2.24) is 4.90 Å². The van der Waals surface area contributed by atoms with E-state index in [1.165, 1.54) is 5.56 Å². The number of hydrogen-bond acceptors (Lipinski definition) is 5. The smallest absolute Gasteiger partial charge is 0.328 e. The van der Waals surface area contributed by atoms with Crippen LogP contribution in [-0.2, 0) is 14.3 Å². The molecule has 0 aromatic heterocycles. The maximum atomic E-state index is 9.55. The van der Waals surface area contributed by atoms with E-state index in [0.717, 1.165) is 36.5 Å². The molecular formula is C21H24N2O5. The van der Waals surface area contributed by atoms with Gasteiger partial charge in [0.2, 0.25) is 0 Å². The van der Waals surface area contributed by atoms with E-state index in [1.807, 2.05) is 18.2 Å². The van der Waals surface area contributed by atoms with Gasteiger partial charge in [0.15, 0.2) is 0 Å². The number of carboxylic acids is 2. The molecule has 0 saturated carbocycles. The molecule has 1 aliphatic heterocycles. The lowest BCUT2D eigenvalue weighted by Crippen LogP contribution is -2.18. The van der Waals surface area contributed by atoms with Gasteiger partial charge in [-0.1, -0.05) is 30.4 Å². The molecule has 3 rings (SSSR count). The van der Waals surface area contributed by atoms with Gasteiger partial charge in [0.05, 0.1) is 11.4 Å². The van der Waals surface area contributed by atoms with Crippen LogP contribution in [0.3, 0.4) is 0 Å². The molecule has 7 heteroatoms. The molecule has 0 radical (unpaired) electrons. The highest BCUT2D eigenvalue weighted by atomic mass is 16.5. The van der Waals surface area contributed by atoms with Crippen molar-refractivity contribution in [3.63, 3.8) is 0 Å². The fourth-order valence-electron chi connectivity index (χ4n) is 2.70. The van der Waals surface area contributed by atoms with Gasteiger partial charge in [0, 0.05) is 37.1 Å². The Kier molecular flexibility index (Phi) is 7.71. The van der Waals surface area contributed by atoms with Gasteiger partial charge in [0.25, 0.3) is 0 Å². The van der Waals surface area contributed by atoms with Crippen molar-refractivity contribution in [2.24, 2.45) is 4.99 Å². The quantitative estimate of drug-likeness (QED) is 0.756. The summed E-state index contributed by atoms with van der Waals surface area (Å²) < 4.78 is 6.24. The van der Waals surface area contributed by atoms with Crippen molar-refractivity contribution in [2.45, 2.75) is 18.9 Å². The molecule has 2 aliphatic rings. The van der Waals surface area contributed by atoms with Crippen LogP contribution in [0.15, 0.2) is 65.4 Å². The molecule has 7 nitrogen and oxygen atoms in total. The summed E-state index contributed by atoms with van der Waals surface area (Å²) in [6, 6.07) is 8.31. The van der Waals surface area contributed by atoms with Gasteiger partial charge >= 0.3 is 11.9 Å². The Balaban J connectivity index is 0.000000300. The number of nitrogens with zero attached hydrogens (tertiary/aromatic N) is 2. The SMILES string of the molecule is CN(C)CCC1OC2=CC=CCC2=Nc2ccccc21.O=C(O)/C=C\C(=O)O. The van der Waals surface area contributed by atoms with E-state index in [2.05, 4.69) is 43.3 Å². The van der Waals surface area contributed by atoms with Crippen LogP contribution in [0.2, 0.25) is 0 Å². The Hall–Kier alpha value is -3.19. The second kappa shape index (κ2) is 10.2. The van der Waals surface area contributed by atoms with Crippen molar-refractivity contribution >= 4 is 23.3 Å². The number of ether oxygens (including phenoxy) is 1. The molecule has 0 bridgehead atoms. The number of aliphatic carboxylic acids is 2. The molecule has 148 valence electrons. The molecule has 0 spiro atoms. The van der Waals surface area contributed by atoms with Crippen LogP contribution in [0.4, 0.5) is 5.69 Å². The van der Waals surface area contributed by atoms with E-state index in [1.54, 1.807) is 0 Å². The van der Waals surface area contributed by atoms with Crippen LogP contribution >= 0.6 is 0 Å². The summed E-state index contributed by atoms with van der Waals surface area (Å²) in [5, 5.41) is 15.6. The van der Waals surface area contributed by atoms with Gasteiger partial charge in [0.1, 0.15) is 11.9 Å². The lowest BCUT2D eigenvalue weighted by Gasteiger charge is -2.22. The van der Waals surface area contributed by atoms with Gasteiger partial charge in [-0.15, -0.1) is 0 Å². The third kappa shape index (κ3) is 6.51. The van der Waals surface area contributed by atoms with Crippen molar-refractivity contribution in [3.05, 3.63) is 66.0 Å². The first kappa shape index (κ1) is 21.1. The molecule has 1 heterocycles. The lowest BCUT2D eigenvalue weighted by atomic mass is 10.0. The van der Waals surface area contributed by atoms with Crippen LogP contribution in [0.25, 0.3) is 0 Å². The average molecular weight is 384 g/mol. The van der Waals surface area contributed by atoms with E-state index in [0.29, 0.717) is 12.2 Å². The monoisotopic (exact) mass is 384 g/mol. The highest BCUT2D eigenvalue weighted by Gasteiger charge is 2.24. The third-order valence-electron chi connectivity index (χ3n) is 3.99. The number of para-hydroxylation sites is 1. The summed E-state index contributed by atoms with van der Waals surface area (Å²) in [5.41, 5.74) is 3.27. The van der Waals surface area contributed by atoms with Gasteiger partial charge in [-0.3, -0.25) is 0 Å². The number of rotatable bonds is 5. The van der Waals surface area contributed by atoms with E-state index in [9.17, 15) is 9.59 Å². The number of allylic oxidation sites excluding steroid dienone is 4. The highest BCUT2D eigenvalue weighted by molar-refractivity contribution is 6.02. The predicted molar refractivity (Wildman–Crippen MR) is 107 cm³/mol. The van der Waals surface area contributed by atoms with Gasteiger partial charge in [-0.25, -0.2) is 14.6 Å². The Labute approximate surface area is 164 Å². The Morgan fingerprint density at radius 1 is 1.21 bits per heavy atom. The van der Waals surface area contributed by atoms with Crippen LogP contribution in [0.1, 0.15) is 24.5 Å². The lowest BCUT2D eigenvalue weighted by molar-refractivity contribution is -0.134. The summed E-state index contributed by atoms with van der Waals surface area (Å²) in [6.07, 6.45) is 9.20. The zero-order chi connectivity index (χ0) is 20.5. The molecule has 1 aliphatic carbocycles. The third-order valence-corrected chi connectivity index (χ3v) is 3.99. The first-order valence-corrected chi connectivity index (χ1v) is 8.86. The Morgan fingerprint density at radius 3 is 2.54 bits per heavy atom. The van der Waals surface area contributed by atoms with E-state index < -0.39 is 11.9 Å². The Bertz CT molecular complexity index is 821. The van der Waals surface area contributed by atoms with Crippen LogP contribution in [0.5, 0.6) is 0 Å². The largest absolute Gasteiger partial charge is 0.484 e. The summed E-state index contributed by atoms with van der Waals surface area (Å²) in [6.45, 7) is 0.997. The molecule has 28 heavy (non-hydrogen) atoms. The second-order valence-electron chi connectivity index (χ2n) is 6.49. The molecule has 0 amide bonds. The maximum Gasteiger partial charge on any atom is 0.328 e. The summed E-state index contributed by atoms with van der Waals surface area (Å²) in [7, 11) is 4.18. The topological polar surface area (TPSA) is 99.4 Å². The fraction of sp³-hybridized carbons (Fsp3) is 0.286. The number of carbonyl (C=O) groups is 2. The van der Waals surface area contributed by atoms with E-state index >= 15 is 0 Å². The minimum Gasteiger partial charge on any atom is -0.484 e. The summed E-state index contributed by atoms with van der Waals surface area (Å²) >= 11 is 0. The predicted octanol–water partition coefficient (Wildman–Crippen LogP) is 3.34. The molecule has 1 aromatic rings. The number of hydrogen-bond donors (Lipinski definition) is 2. The summed E-state index contributed by atoms with van der Waals surface area (Å²) in [4.78, 5) is 26.1. The molecule has 1 atom stereocenters. The average Bonchev–Trinajstić information content (AvgIpc) is 2.81. The van der Waals surface area contributed by atoms with Crippen molar-refractivity contribution in [3.8, 4) is 0 Å². The molecule has 2 N–H and O–H groups in total. The normalized spacial score (nSPS) is 17.3. The highest BCUT2D eigenvalue weighted by Crippen LogP contribution is 2.36. The summed E-state index contributed by atoms with van der Waals surface area (Å²) in [5.74, 6) is -1.59. The van der Waals surface area contributed by atoms with Gasteiger partial charge in [-0.05, 0) is 26.2 Å². The first-order chi connectivity index (χ1) is 13.4. The van der Waals surface area contributed by atoms with E-state index in [-0.39, 0.29) is 6.10 Å². The van der Waals surface area contributed by atoms with Crippen LogP contribution < -0.4 is 0 Å². The number of carboxylic acid groups (broad SMARTS) is 2. The fourth-order valence-corrected chi connectivity index (χ4v) is 2.70. The zero-order valence-corrected chi connectivity index (χ0v) is 15.9. The Morgan fingerprint density at radius 2 is 1.89 bits per heavy atom. The number of fused-ring (bicyclic) bond motifs is 2. The maximum absolute atomic E-state index is 9.55. The first-order valence-electron chi connectivity index (χ1n) is 8.86. The van der Waals surface area contributed by atoms with Gasteiger partial charge in [-0.2, -0.15) is 0 Å². The van der Waals surface area contributed by atoms with E-state index in [4.69, 9.17) is 19.9 Å².